The normalized spacial score (nSPS) is 17.4. The van der Waals surface area contributed by atoms with Crippen molar-refractivity contribution in [2.45, 2.75) is 24.5 Å². The van der Waals surface area contributed by atoms with Crippen molar-refractivity contribution in [2.24, 2.45) is 5.14 Å². The second kappa shape index (κ2) is 6.08. The molecule has 0 spiro atoms. The average Bonchev–Trinajstić information content (AvgIpc) is 2.51. The number of nitrogens with zero attached hydrogens (tertiary/aromatic N) is 1. The van der Waals surface area contributed by atoms with E-state index >= 15 is 0 Å². The maximum Gasteiger partial charge on any atom is 0.257 e. The Kier molecular flexibility index (Phi) is 4.25. The first kappa shape index (κ1) is 16.8. The Morgan fingerprint density at radius 2 is 1.92 bits per heavy atom. The van der Waals surface area contributed by atoms with Gasteiger partial charge in [0.25, 0.3) is 5.91 Å². The number of hydrogen-bond acceptors (Lipinski definition) is 4. The number of fused-ring (bicyclic) bond motifs is 1. The maximum absolute atomic E-state index is 12.8. The molecule has 1 heterocycles. The minimum Gasteiger partial charge on any atom is -0.365 e. The average molecular weight is 366 g/mol. The van der Waals surface area contributed by atoms with Gasteiger partial charge in [0, 0.05) is 6.54 Å². The molecule has 0 aromatic heterocycles. The van der Waals surface area contributed by atoms with Gasteiger partial charge in [0.15, 0.2) is 0 Å². The van der Waals surface area contributed by atoms with Crippen molar-refractivity contribution in [3.05, 3.63) is 58.6 Å². The third-order valence-corrected chi connectivity index (χ3v) is 5.27. The van der Waals surface area contributed by atoms with Crippen LogP contribution in [0.4, 0.5) is 5.69 Å². The molecule has 3 rings (SSSR count). The summed E-state index contributed by atoms with van der Waals surface area (Å²) in [7, 11) is -4.01. The molecule has 1 unspecified atom stereocenters. The van der Waals surface area contributed by atoms with E-state index in [1.54, 1.807) is 4.90 Å². The number of nitrogens with one attached hydrogen (secondary N) is 1. The van der Waals surface area contributed by atoms with E-state index in [4.69, 9.17) is 16.7 Å². The predicted octanol–water partition coefficient (Wildman–Crippen LogP) is 2.40. The Morgan fingerprint density at radius 3 is 2.54 bits per heavy atom. The highest BCUT2D eigenvalue weighted by molar-refractivity contribution is 7.89. The van der Waals surface area contributed by atoms with Crippen LogP contribution in [0.25, 0.3) is 0 Å². The first-order valence-corrected chi connectivity index (χ1v) is 9.17. The smallest absolute Gasteiger partial charge is 0.257 e. The number of rotatable bonds is 3. The molecule has 0 saturated carbocycles. The van der Waals surface area contributed by atoms with Gasteiger partial charge >= 0.3 is 0 Å². The van der Waals surface area contributed by atoms with Crippen LogP contribution in [0.3, 0.4) is 0 Å². The van der Waals surface area contributed by atoms with Crippen LogP contribution in [0.1, 0.15) is 22.8 Å². The summed E-state index contributed by atoms with van der Waals surface area (Å²) in [5.41, 5.74) is 1.70. The molecular weight excluding hydrogens is 350 g/mol. The highest BCUT2D eigenvalue weighted by Crippen LogP contribution is 2.33. The van der Waals surface area contributed by atoms with Crippen LogP contribution in [0.2, 0.25) is 5.02 Å². The van der Waals surface area contributed by atoms with E-state index in [1.165, 1.54) is 12.1 Å². The van der Waals surface area contributed by atoms with E-state index < -0.39 is 10.0 Å². The van der Waals surface area contributed by atoms with Crippen LogP contribution in [-0.2, 0) is 16.6 Å². The van der Waals surface area contributed by atoms with Crippen LogP contribution in [0.15, 0.2) is 47.4 Å². The van der Waals surface area contributed by atoms with E-state index in [9.17, 15) is 13.2 Å². The van der Waals surface area contributed by atoms with E-state index in [0.29, 0.717) is 12.2 Å². The maximum atomic E-state index is 12.8. The molecule has 0 aliphatic carbocycles. The lowest BCUT2D eigenvalue weighted by atomic mass is 10.1. The molecule has 2 aromatic carbocycles. The Hall–Kier alpha value is -2.09. The monoisotopic (exact) mass is 365 g/mol. The molecule has 0 saturated heterocycles. The molecule has 0 fully saturated rings. The van der Waals surface area contributed by atoms with E-state index in [-0.39, 0.29) is 27.6 Å². The summed E-state index contributed by atoms with van der Waals surface area (Å²) in [4.78, 5) is 14.2. The summed E-state index contributed by atoms with van der Waals surface area (Å²) in [6.07, 6.45) is -0.262. The van der Waals surface area contributed by atoms with Crippen LogP contribution >= 0.6 is 11.6 Å². The number of amides is 1. The summed E-state index contributed by atoms with van der Waals surface area (Å²) in [5, 5.41) is 8.32. The van der Waals surface area contributed by atoms with Gasteiger partial charge in [0.1, 0.15) is 4.90 Å². The van der Waals surface area contributed by atoms with E-state index in [2.05, 4.69) is 5.32 Å². The van der Waals surface area contributed by atoms with Crippen LogP contribution in [0, 0.1) is 0 Å². The molecule has 24 heavy (non-hydrogen) atoms. The summed E-state index contributed by atoms with van der Waals surface area (Å²) in [6, 6.07) is 12.2. The summed E-state index contributed by atoms with van der Waals surface area (Å²) in [6.45, 7) is 2.26. The summed E-state index contributed by atoms with van der Waals surface area (Å²) >= 11 is 5.98. The number of anilines is 1. The van der Waals surface area contributed by atoms with Crippen molar-refractivity contribution in [1.29, 1.82) is 0 Å². The Labute approximate surface area is 145 Å². The Morgan fingerprint density at radius 1 is 1.25 bits per heavy atom. The lowest BCUT2D eigenvalue weighted by Gasteiger charge is -2.36. The second-order valence-electron chi connectivity index (χ2n) is 5.61. The first-order valence-electron chi connectivity index (χ1n) is 7.25. The lowest BCUT2D eigenvalue weighted by Crippen LogP contribution is -2.46. The SMILES string of the molecule is CC1Nc2cc(Cl)c(S(N)(=O)=O)cc2C(=O)N1Cc1ccccc1. The number of halogens is 1. The van der Waals surface area contributed by atoms with Gasteiger partial charge in [-0.15, -0.1) is 0 Å². The molecule has 1 aliphatic rings. The van der Waals surface area contributed by atoms with Crippen molar-refractivity contribution in [1.82, 2.24) is 4.90 Å². The Bertz CT molecular complexity index is 900. The lowest BCUT2D eigenvalue weighted by molar-refractivity contribution is 0.0682. The number of sulfonamides is 1. The molecule has 0 radical (unpaired) electrons. The minimum atomic E-state index is -4.01. The van der Waals surface area contributed by atoms with Crippen molar-refractivity contribution >= 4 is 33.2 Å². The van der Waals surface area contributed by atoms with Crippen molar-refractivity contribution in [2.75, 3.05) is 5.32 Å². The topological polar surface area (TPSA) is 92.5 Å². The molecule has 1 atom stereocenters. The highest BCUT2D eigenvalue weighted by atomic mass is 35.5. The molecule has 0 bridgehead atoms. The van der Waals surface area contributed by atoms with Crippen molar-refractivity contribution in [3.63, 3.8) is 0 Å². The molecule has 3 N–H and O–H groups in total. The fourth-order valence-corrected chi connectivity index (χ4v) is 3.79. The standard InChI is InChI=1S/C16H16ClN3O3S/c1-10-19-14-8-13(17)15(24(18,22)23)7-12(14)16(21)20(10)9-11-5-3-2-4-6-11/h2-8,10,19H,9H2,1H3,(H2,18,22,23). The fourth-order valence-electron chi connectivity index (χ4n) is 2.69. The van der Waals surface area contributed by atoms with Crippen molar-refractivity contribution in [3.8, 4) is 0 Å². The minimum absolute atomic E-state index is 0.0136. The zero-order valence-corrected chi connectivity index (χ0v) is 14.4. The number of benzene rings is 2. The van der Waals surface area contributed by atoms with Crippen molar-refractivity contribution < 1.29 is 13.2 Å². The first-order chi connectivity index (χ1) is 11.3. The predicted molar refractivity (Wildman–Crippen MR) is 92.2 cm³/mol. The number of carbonyl (C=O) groups is 1. The summed E-state index contributed by atoms with van der Waals surface area (Å²) < 4.78 is 23.3. The highest BCUT2D eigenvalue weighted by Gasteiger charge is 2.31. The van der Waals surface area contributed by atoms with Gasteiger partial charge in [0.05, 0.1) is 22.4 Å². The van der Waals surface area contributed by atoms with Gasteiger partial charge in [-0.1, -0.05) is 41.9 Å². The quantitative estimate of drug-likeness (QED) is 0.873. The van der Waals surface area contributed by atoms with Gasteiger partial charge < -0.3 is 10.2 Å². The molecule has 6 nitrogen and oxygen atoms in total. The van der Waals surface area contributed by atoms with Crippen LogP contribution in [-0.4, -0.2) is 25.4 Å². The van der Waals surface area contributed by atoms with Gasteiger partial charge in [-0.2, -0.15) is 0 Å². The van der Waals surface area contributed by atoms with Gasteiger partial charge in [-0.25, -0.2) is 13.6 Å². The molecule has 1 amide bonds. The number of nitrogens with two attached hydrogens (primary N) is 1. The second-order valence-corrected chi connectivity index (χ2v) is 7.55. The molecular formula is C16H16ClN3O3S. The third kappa shape index (κ3) is 3.10. The molecule has 1 aliphatic heterocycles. The largest absolute Gasteiger partial charge is 0.365 e. The third-order valence-electron chi connectivity index (χ3n) is 3.90. The summed E-state index contributed by atoms with van der Waals surface area (Å²) in [5.74, 6) is -0.276. The number of primary sulfonamides is 1. The van der Waals surface area contributed by atoms with Gasteiger partial charge in [-0.3, -0.25) is 4.79 Å². The number of carbonyl (C=O) groups excluding carboxylic acids is 1. The van der Waals surface area contributed by atoms with Gasteiger partial charge in [0.2, 0.25) is 10.0 Å². The molecule has 126 valence electrons. The van der Waals surface area contributed by atoms with Crippen LogP contribution < -0.4 is 10.5 Å². The zero-order valence-electron chi connectivity index (χ0n) is 12.9. The number of hydrogen-bond donors (Lipinski definition) is 2. The Balaban J connectivity index is 2.01. The fraction of sp³-hybridized carbons (Fsp3) is 0.188. The van der Waals surface area contributed by atoms with E-state index in [1.807, 2.05) is 37.3 Å². The van der Waals surface area contributed by atoms with Gasteiger partial charge in [-0.05, 0) is 24.6 Å². The van der Waals surface area contributed by atoms with E-state index in [0.717, 1.165) is 5.56 Å². The van der Waals surface area contributed by atoms with Crippen LogP contribution in [0.5, 0.6) is 0 Å². The molecule has 2 aromatic rings. The molecule has 8 heteroatoms. The zero-order chi connectivity index (χ0) is 17.5.